The van der Waals surface area contributed by atoms with Crippen molar-refractivity contribution in [1.82, 2.24) is 4.90 Å². The number of methoxy groups -OCH3 is 1. The molecular formula is C29H28N3O3+. The number of carbonyl (C=O) groups is 1. The molecule has 6 rings (SSSR count). The number of pyridine rings is 1. The molecule has 0 aliphatic carbocycles. The first-order valence-electron chi connectivity index (χ1n) is 11.9. The molecule has 1 aromatic heterocycles. The topological polar surface area (TPSA) is 45.9 Å². The van der Waals surface area contributed by atoms with Crippen LogP contribution >= 0.6 is 0 Å². The third kappa shape index (κ3) is 3.44. The molecule has 0 bridgehead atoms. The minimum absolute atomic E-state index is 0.0238. The number of carbonyl (C=O) groups excluding carboxylic acids is 1. The van der Waals surface area contributed by atoms with Gasteiger partial charge >= 0.3 is 0 Å². The SMILES string of the molecule is COc1cc2c3c([n+](C)c4ccc(C=CC(=O)N5CCOCC5)cc4c3c1)-c1ccccc1N2C. The minimum Gasteiger partial charge on any atom is -0.497 e. The maximum absolute atomic E-state index is 12.6. The van der Waals surface area contributed by atoms with Gasteiger partial charge in [-0.25, -0.2) is 0 Å². The van der Waals surface area contributed by atoms with Crippen LogP contribution < -0.4 is 14.2 Å². The fourth-order valence-electron chi connectivity index (χ4n) is 5.37. The second-order valence-corrected chi connectivity index (χ2v) is 9.10. The number of aryl methyl sites for hydroxylation is 1. The maximum Gasteiger partial charge on any atom is 0.246 e. The molecule has 0 saturated carbocycles. The van der Waals surface area contributed by atoms with E-state index in [2.05, 4.69) is 78.2 Å². The van der Waals surface area contributed by atoms with Gasteiger partial charge in [0.15, 0.2) is 0 Å². The molecule has 0 unspecified atom stereocenters. The molecular weight excluding hydrogens is 438 g/mol. The van der Waals surface area contributed by atoms with Crippen molar-refractivity contribution < 1.29 is 18.8 Å². The average Bonchev–Trinajstić information content (AvgIpc) is 2.91. The van der Waals surface area contributed by atoms with Crippen LogP contribution in [0.5, 0.6) is 5.75 Å². The highest BCUT2D eigenvalue weighted by atomic mass is 16.5. The molecule has 176 valence electrons. The molecule has 2 aliphatic heterocycles. The Morgan fingerprint density at radius 2 is 1.83 bits per heavy atom. The lowest BCUT2D eigenvalue weighted by molar-refractivity contribution is -0.632. The second-order valence-electron chi connectivity index (χ2n) is 9.10. The molecule has 0 atom stereocenters. The number of aromatic nitrogens is 1. The Morgan fingerprint density at radius 1 is 1.03 bits per heavy atom. The van der Waals surface area contributed by atoms with Crippen LogP contribution in [0.2, 0.25) is 0 Å². The van der Waals surface area contributed by atoms with Gasteiger partial charge < -0.3 is 19.3 Å². The lowest BCUT2D eigenvalue weighted by Gasteiger charge is -2.29. The largest absolute Gasteiger partial charge is 0.497 e. The van der Waals surface area contributed by atoms with Gasteiger partial charge in [0.2, 0.25) is 17.1 Å². The zero-order chi connectivity index (χ0) is 24.1. The summed E-state index contributed by atoms with van der Waals surface area (Å²) in [7, 11) is 5.95. The first-order chi connectivity index (χ1) is 17.1. The maximum atomic E-state index is 12.6. The third-order valence-electron chi connectivity index (χ3n) is 7.19. The van der Waals surface area contributed by atoms with Crippen molar-refractivity contribution in [2.45, 2.75) is 0 Å². The molecule has 1 fully saturated rings. The van der Waals surface area contributed by atoms with Crippen molar-refractivity contribution in [1.29, 1.82) is 0 Å². The molecule has 35 heavy (non-hydrogen) atoms. The van der Waals surface area contributed by atoms with Gasteiger partial charge in [-0.15, -0.1) is 0 Å². The van der Waals surface area contributed by atoms with Crippen LogP contribution in [0.15, 0.2) is 60.7 Å². The van der Waals surface area contributed by atoms with Crippen molar-refractivity contribution in [2.24, 2.45) is 7.05 Å². The summed E-state index contributed by atoms with van der Waals surface area (Å²) in [5.74, 6) is 0.846. The summed E-state index contributed by atoms with van der Waals surface area (Å²) >= 11 is 0. The monoisotopic (exact) mass is 466 g/mol. The number of hydrogen-bond acceptors (Lipinski definition) is 4. The van der Waals surface area contributed by atoms with Gasteiger partial charge in [0, 0.05) is 43.7 Å². The predicted molar refractivity (Wildman–Crippen MR) is 139 cm³/mol. The van der Waals surface area contributed by atoms with Crippen LogP contribution in [0.25, 0.3) is 39.0 Å². The molecule has 4 aromatic rings. The number of fused-ring (bicyclic) bond motifs is 4. The van der Waals surface area contributed by atoms with E-state index in [4.69, 9.17) is 9.47 Å². The van der Waals surface area contributed by atoms with Crippen molar-refractivity contribution in [3.8, 4) is 17.0 Å². The number of morpholine rings is 1. The zero-order valence-corrected chi connectivity index (χ0v) is 20.2. The average molecular weight is 467 g/mol. The number of para-hydroxylation sites is 1. The highest BCUT2D eigenvalue weighted by molar-refractivity contribution is 6.18. The molecule has 1 saturated heterocycles. The Labute approximate surface area is 204 Å². The summed E-state index contributed by atoms with van der Waals surface area (Å²) in [5, 5.41) is 3.46. The van der Waals surface area contributed by atoms with Gasteiger partial charge in [-0.05, 0) is 42.0 Å². The smallest absolute Gasteiger partial charge is 0.246 e. The van der Waals surface area contributed by atoms with E-state index in [-0.39, 0.29) is 5.91 Å². The second kappa shape index (κ2) is 8.40. The van der Waals surface area contributed by atoms with Crippen LogP contribution in [0, 0.1) is 0 Å². The quantitative estimate of drug-likeness (QED) is 0.254. The van der Waals surface area contributed by atoms with E-state index >= 15 is 0 Å². The molecule has 0 spiro atoms. The number of rotatable bonds is 3. The van der Waals surface area contributed by atoms with Crippen molar-refractivity contribution in [2.75, 3.05) is 45.4 Å². The van der Waals surface area contributed by atoms with Crippen LogP contribution in [0.3, 0.4) is 0 Å². The van der Waals surface area contributed by atoms with Crippen LogP contribution in [-0.4, -0.2) is 51.3 Å². The van der Waals surface area contributed by atoms with E-state index in [1.54, 1.807) is 13.2 Å². The molecule has 2 aliphatic rings. The van der Waals surface area contributed by atoms with Crippen LogP contribution in [0.4, 0.5) is 11.4 Å². The molecule has 3 aromatic carbocycles. The standard InChI is InChI=1S/C29H28N3O3/c1-30-24-7-5-4-6-21(24)29-28-23(17-20(34-3)18-26(28)30)22-16-19(8-10-25(22)31(29)2)9-11-27(33)32-12-14-35-15-13-32/h4-11,16-18H,12-15H2,1-3H3/q+1. The number of amides is 1. The fraction of sp³-hybridized carbons (Fsp3) is 0.241. The summed E-state index contributed by atoms with van der Waals surface area (Å²) in [5.41, 5.74) is 6.82. The molecule has 0 radical (unpaired) electrons. The summed E-state index contributed by atoms with van der Waals surface area (Å²) < 4.78 is 13.4. The highest BCUT2D eigenvalue weighted by Gasteiger charge is 2.31. The van der Waals surface area contributed by atoms with Crippen molar-refractivity contribution >= 4 is 45.0 Å². The van der Waals surface area contributed by atoms with Crippen molar-refractivity contribution in [3.05, 3.63) is 66.2 Å². The number of anilines is 2. The summed E-state index contributed by atoms with van der Waals surface area (Å²) in [6.45, 7) is 2.48. The van der Waals surface area contributed by atoms with Crippen LogP contribution in [-0.2, 0) is 16.6 Å². The summed E-state index contributed by atoms with van der Waals surface area (Å²) in [6, 6.07) is 19.1. The molecule has 0 N–H and O–H groups in total. The molecule has 3 heterocycles. The van der Waals surface area contributed by atoms with E-state index in [9.17, 15) is 4.79 Å². The summed E-state index contributed by atoms with van der Waals surface area (Å²) in [6.07, 6.45) is 3.58. The lowest BCUT2D eigenvalue weighted by Crippen LogP contribution is -2.39. The van der Waals surface area contributed by atoms with Gasteiger partial charge in [0.05, 0.1) is 48.0 Å². The van der Waals surface area contributed by atoms with E-state index in [1.807, 2.05) is 11.0 Å². The first kappa shape index (κ1) is 21.6. The van der Waals surface area contributed by atoms with Gasteiger partial charge in [-0.1, -0.05) is 12.1 Å². The number of nitrogens with zero attached hydrogens (tertiary/aromatic N) is 3. The van der Waals surface area contributed by atoms with Crippen molar-refractivity contribution in [3.63, 3.8) is 0 Å². The van der Waals surface area contributed by atoms with Crippen LogP contribution in [0.1, 0.15) is 5.56 Å². The minimum atomic E-state index is 0.0238. The van der Waals surface area contributed by atoms with Gasteiger partial charge in [-0.3, -0.25) is 4.79 Å². The summed E-state index contributed by atoms with van der Waals surface area (Å²) in [4.78, 5) is 16.7. The normalized spacial score (nSPS) is 15.2. The number of ether oxygens (including phenoxy) is 2. The van der Waals surface area contributed by atoms with E-state index in [1.165, 1.54) is 22.3 Å². The fourth-order valence-corrected chi connectivity index (χ4v) is 5.37. The Hall–Kier alpha value is -3.90. The van der Waals surface area contributed by atoms with Gasteiger partial charge in [0.1, 0.15) is 12.8 Å². The molecule has 1 amide bonds. The highest BCUT2D eigenvalue weighted by Crippen LogP contribution is 2.48. The molecule has 6 nitrogen and oxygen atoms in total. The predicted octanol–water partition coefficient (Wildman–Crippen LogP) is 4.45. The Kier molecular flexibility index (Phi) is 5.19. The van der Waals surface area contributed by atoms with Gasteiger partial charge in [0.25, 0.3) is 0 Å². The zero-order valence-electron chi connectivity index (χ0n) is 20.2. The Bertz CT molecular complexity index is 1520. The lowest BCUT2D eigenvalue weighted by atomic mass is 9.92. The number of hydrogen-bond donors (Lipinski definition) is 0. The number of benzene rings is 3. The molecule has 6 heteroatoms. The Balaban J connectivity index is 1.56. The van der Waals surface area contributed by atoms with E-state index < -0.39 is 0 Å². The van der Waals surface area contributed by atoms with Gasteiger partial charge in [-0.2, -0.15) is 4.57 Å². The van der Waals surface area contributed by atoms with E-state index in [0.717, 1.165) is 33.3 Å². The first-order valence-corrected chi connectivity index (χ1v) is 11.9. The Morgan fingerprint density at radius 3 is 2.63 bits per heavy atom. The third-order valence-corrected chi connectivity index (χ3v) is 7.19. The van der Waals surface area contributed by atoms with E-state index in [0.29, 0.717) is 26.3 Å².